The Morgan fingerprint density at radius 2 is 1.95 bits per heavy atom. The number of aryl methyl sites for hydroxylation is 1. The van der Waals surface area contributed by atoms with Crippen molar-refractivity contribution in [3.8, 4) is 0 Å². The van der Waals surface area contributed by atoms with E-state index in [9.17, 15) is 4.79 Å². The molecule has 2 aromatic rings. The first-order valence-electron chi connectivity index (χ1n) is 6.63. The molecule has 4 rings (SSSR count). The molecule has 0 radical (unpaired) electrons. The van der Waals surface area contributed by atoms with Crippen LogP contribution in [0, 0.1) is 6.92 Å². The van der Waals surface area contributed by atoms with Gasteiger partial charge in [0.25, 0.3) is 0 Å². The number of ether oxygens (including phenoxy) is 1. The Balaban J connectivity index is 1.89. The van der Waals surface area contributed by atoms with Crippen LogP contribution in [-0.2, 0) is 11.2 Å². The number of fused-ring (bicyclic) bond motifs is 5. The molecule has 0 aromatic heterocycles. The summed E-state index contributed by atoms with van der Waals surface area (Å²) >= 11 is 0. The van der Waals surface area contributed by atoms with Crippen molar-refractivity contribution in [3.63, 3.8) is 0 Å². The zero-order valence-electron chi connectivity index (χ0n) is 10.7. The maximum absolute atomic E-state index is 12.2. The first-order chi connectivity index (χ1) is 9.24. The van der Waals surface area contributed by atoms with Crippen LogP contribution in [0.3, 0.4) is 0 Å². The maximum Gasteiger partial charge on any atom is 0.339 e. The molecule has 19 heavy (non-hydrogen) atoms. The monoisotopic (exact) mass is 250 g/mol. The molecule has 2 heteroatoms. The lowest BCUT2D eigenvalue weighted by Crippen LogP contribution is -2.23. The number of carbonyl (C=O) groups is 1. The van der Waals surface area contributed by atoms with E-state index in [0.717, 1.165) is 23.1 Å². The predicted molar refractivity (Wildman–Crippen MR) is 72.2 cm³/mol. The smallest absolute Gasteiger partial charge is 0.339 e. The van der Waals surface area contributed by atoms with E-state index in [1.807, 2.05) is 25.1 Å². The molecule has 1 aliphatic carbocycles. The Kier molecular flexibility index (Phi) is 2.10. The molecule has 2 atom stereocenters. The van der Waals surface area contributed by atoms with E-state index >= 15 is 0 Å². The minimum absolute atomic E-state index is 0.0982. The molecule has 0 spiro atoms. The highest BCUT2D eigenvalue weighted by Gasteiger charge is 2.41. The van der Waals surface area contributed by atoms with Crippen molar-refractivity contribution in [2.75, 3.05) is 0 Å². The summed E-state index contributed by atoms with van der Waals surface area (Å²) in [4.78, 5) is 12.2. The van der Waals surface area contributed by atoms with E-state index in [4.69, 9.17) is 4.74 Å². The van der Waals surface area contributed by atoms with Crippen molar-refractivity contribution in [1.82, 2.24) is 0 Å². The van der Waals surface area contributed by atoms with E-state index in [1.54, 1.807) is 0 Å². The lowest BCUT2D eigenvalue weighted by molar-refractivity contribution is 0.0201. The molecule has 0 saturated heterocycles. The second-order valence-corrected chi connectivity index (χ2v) is 5.43. The Labute approximate surface area is 112 Å². The van der Waals surface area contributed by atoms with E-state index in [0.29, 0.717) is 0 Å². The maximum atomic E-state index is 12.2. The van der Waals surface area contributed by atoms with Gasteiger partial charge in [0.15, 0.2) is 0 Å². The fourth-order valence-corrected chi connectivity index (χ4v) is 3.33. The van der Waals surface area contributed by atoms with Crippen LogP contribution in [0.5, 0.6) is 0 Å². The zero-order valence-corrected chi connectivity index (χ0v) is 10.7. The Hall–Kier alpha value is -2.09. The number of hydrogen-bond donors (Lipinski definition) is 0. The molecule has 0 N–H and O–H groups in total. The largest absolute Gasteiger partial charge is 0.453 e. The Morgan fingerprint density at radius 3 is 2.84 bits per heavy atom. The summed E-state index contributed by atoms with van der Waals surface area (Å²) in [5.41, 5.74) is 5.47. The fourth-order valence-electron chi connectivity index (χ4n) is 3.33. The number of esters is 1. The minimum atomic E-state index is -0.184. The van der Waals surface area contributed by atoms with E-state index in [2.05, 4.69) is 24.3 Å². The van der Waals surface area contributed by atoms with Gasteiger partial charge >= 0.3 is 5.97 Å². The van der Waals surface area contributed by atoms with Crippen LogP contribution in [0.15, 0.2) is 42.5 Å². The Morgan fingerprint density at radius 1 is 1.11 bits per heavy atom. The molecule has 0 bridgehead atoms. The summed E-state index contributed by atoms with van der Waals surface area (Å²) in [6.07, 6.45) is 0.864. The van der Waals surface area contributed by atoms with Crippen LogP contribution >= 0.6 is 0 Å². The zero-order chi connectivity index (χ0) is 13.0. The first kappa shape index (κ1) is 10.8. The third-order valence-electron chi connectivity index (χ3n) is 4.23. The van der Waals surface area contributed by atoms with Gasteiger partial charge in [-0.1, -0.05) is 42.0 Å². The molecule has 0 fully saturated rings. The average molecular weight is 250 g/mol. The van der Waals surface area contributed by atoms with Crippen molar-refractivity contribution in [2.24, 2.45) is 0 Å². The van der Waals surface area contributed by atoms with Crippen molar-refractivity contribution < 1.29 is 9.53 Å². The highest BCUT2D eigenvalue weighted by Crippen LogP contribution is 2.48. The lowest BCUT2D eigenvalue weighted by atomic mass is 9.87. The van der Waals surface area contributed by atoms with Gasteiger partial charge in [-0.05, 0) is 36.1 Å². The molecule has 0 amide bonds. The number of rotatable bonds is 0. The normalized spacial score (nSPS) is 23.3. The van der Waals surface area contributed by atoms with Gasteiger partial charge in [0, 0.05) is 5.92 Å². The standard InChI is InChI=1S/C17H14O2/c1-10-6-7-13-14-9-11-4-2-3-5-12(11)16(14)19-17(18)15(13)8-10/h2-8,14,16H,9H2,1H3. The number of benzene rings is 2. The molecule has 2 aromatic carbocycles. The number of hydrogen-bond acceptors (Lipinski definition) is 2. The fraction of sp³-hybridized carbons (Fsp3) is 0.235. The van der Waals surface area contributed by atoms with Crippen LogP contribution in [-0.4, -0.2) is 5.97 Å². The average Bonchev–Trinajstić information content (AvgIpc) is 2.78. The van der Waals surface area contributed by atoms with Gasteiger partial charge in [-0.2, -0.15) is 0 Å². The summed E-state index contributed by atoms with van der Waals surface area (Å²) in [7, 11) is 0. The van der Waals surface area contributed by atoms with Crippen molar-refractivity contribution in [3.05, 3.63) is 70.3 Å². The van der Waals surface area contributed by atoms with Gasteiger partial charge in [-0.25, -0.2) is 4.79 Å². The van der Waals surface area contributed by atoms with Crippen LogP contribution in [0.25, 0.3) is 0 Å². The molecule has 94 valence electrons. The van der Waals surface area contributed by atoms with E-state index in [1.165, 1.54) is 11.1 Å². The van der Waals surface area contributed by atoms with Gasteiger partial charge in [0.1, 0.15) is 6.10 Å². The lowest BCUT2D eigenvalue weighted by Gasteiger charge is -2.28. The summed E-state index contributed by atoms with van der Waals surface area (Å²) in [6.45, 7) is 2.00. The molecular weight excluding hydrogens is 236 g/mol. The summed E-state index contributed by atoms with van der Waals surface area (Å²) in [5.74, 6) is 0.0994. The third-order valence-corrected chi connectivity index (χ3v) is 4.23. The van der Waals surface area contributed by atoms with Crippen LogP contribution in [0.4, 0.5) is 0 Å². The van der Waals surface area contributed by atoms with Crippen molar-refractivity contribution >= 4 is 5.97 Å². The molecule has 0 saturated carbocycles. The summed E-state index contributed by atoms with van der Waals surface area (Å²) in [6, 6.07) is 14.4. The minimum Gasteiger partial charge on any atom is -0.453 e. The highest BCUT2D eigenvalue weighted by molar-refractivity contribution is 5.93. The van der Waals surface area contributed by atoms with Crippen molar-refractivity contribution in [2.45, 2.75) is 25.4 Å². The Bertz CT molecular complexity index is 687. The molecule has 1 heterocycles. The molecule has 2 unspecified atom stereocenters. The second kappa shape index (κ2) is 3.70. The second-order valence-electron chi connectivity index (χ2n) is 5.43. The van der Waals surface area contributed by atoms with Gasteiger partial charge < -0.3 is 4.74 Å². The topological polar surface area (TPSA) is 26.3 Å². The van der Waals surface area contributed by atoms with Gasteiger partial charge in [0.05, 0.1) is 5.56 Å². The van der Waals surface area contributed by atoms with Crippen molar-refractivity contribution in [1.29, 1.82) is 0 Å². The van der Waals surface area contributed by atoms with Crippen LogP contribution < -0.4 is 0 Å². The summed E-state index contributed by atoms with van der Waals surface area (Å²) in [5, 5.41) is 0. The molecule has 1 aliphatic heterocycles. The van der Waals surface area contributed by atoms with Crippen LogP contribution in [0.1, 0.15) is 44.6 Å². The van der Waals surface area contributed by atoms with Gasteiger partial charge in [-0.3, -0.25) is 0 Å². The van der Waals surface area contributed by atoms with Gasteiger partial charge in [-0.15, -0.1) is 0 Å². The first-order valence-corrected chi connectivity index (χ1v) is 6.63. The van der Waals surface area contributed by atoms with Gasteiger partial charge in [0.2, 0.25) is 0 Å². The highest BCUT2D eigenvalue weighted by atomic mass is 16.5. The van der Waals surface area contributed by atoms with E-state index in [-0.39, 0.29) is 18.0 Å². The molecule has 2 nitrogen and oxygen atoms in total. The molecular formula is C17H14O2. The van der Waals surface area contributed by atoms with E-state index < -0.39 is 0 Å². The number of carbonyl (C=O) groups excluding carboxylic acids is 1. The third kappa shape index (κ3) is 1.46. The SMILES string of the molecule is Cc1ccc2c(c1)C(=O)OC1c3ccccc3CC21. The summed E-state index contributed by atoms with van der Waals surface area (Å²) < 4.78 is 5.68. The predicted octanol–water partition coefficient (Wildman–Crippen LogP) is 3.55. The molecule has 2 aliphatic rings. The quantitative estimate of drug-likeness (QED) is 0.668. The van der Waals surface area contributed by atoms with Crippen LogP contribution in [0.2, 0.25) is 0 Å².